The maximum absolute atomic E-state index is 5.87. The lowest BCUT2D eigenvalue weighted by atomic mass is 10.0. The van der Waals surface area contributed by atoms with Crippen LogP contribution in [0.2, 0.25) is 0 Å². The predicted molar refractivity (Wildman–Crippen MR) is 96.1 cm³/mol. The van der Waals surface area contributed by atoms with Gasteiger partial charge in [-0.1, -0.05) is 60.7 Å². The van der Waals surface area contributed by atoms with E-state index in [-0.39, 0.29) is 0 Å². The van der Waals surface area contributed by atoms with Gasteiger partial charge in [-0.25, -0.2) is 0 Å². The van der Waals surface area contributed by atoms with E-state index in [9.17, 15) is 0 Å². The molecule has 2 N–H and O–H groups in total. The molecule has 1 heterocycles. The molecule has 1 aliphatic rings. The van der Waals surface area contributed by atoms with E-state index in [1.54, 1.807) is 0 Å². The molecule has 0 amide bonds. The first kappa shape index (κ1) is 16.2. The van der Waals surface area contributed by atoms with E-state index in [4.69, 9.17) is 5.73 Å². The fourth-order valence-corrected chi connectivity index (χ4v) is 3.47. The molecule has 1 fully saturated rings. The van der Waals surface area contributed by atoms with Crippen LogP contribution in [0.3, 0.4) is 0 Å². The van der Waals surface area contributed by atoms with Crippen LogP contribution in [0.5, 0.6) is 0 Å². The predicted octanol–water partition coefficient (Wildman–Crippen LogP) is 2.89. The van der Waals surface area contributed by atoms with Gasteiger partial charge < -0.3 is 5.73 Å². The van der Waals surface area contributed by atoms with Gasteiger partial charge in [0, 0.05) is 38.8 Å². The second-order valence-corrected chi connectivity index (χ2v) is 6.30. The number of rotatable bonds is 6. The Morgan fingerprint density at radius 2 is 1.43 bits per heavy atom. The summed E-state index contributed by atoms with van der Waals surface area (Å²) in [6, 6.07) is 22.0. The van der Waals surface area contributed by atoms with Crippen molar-refractivity contribution in [3.8, 4) is 0 Å². The van der Waals surface area contributed by atoms with Crippen molar-refractivity contribution >= 4 is 0 Å². The Hall–Kier alpha value is -1.68. The molecular formula is C20H27N3. The van der Waals surface area contributed by atoms with Gasteiger partial charge in [-0.15, -0.1) is 0 Å². The molecular weight excluding hydrogens is 282 g/mol. The summed E-state index contributed by atoms with van der Waals surface area (Å²) < 4.78 is 0. The summed E-state index contributed by atoms with van der Waals surface area (Å²) in [5, 5.41) is 0. The van der Waals surface area contributed by atoms with Crippen LogP contribution in [-0.2, 0) is 6.54 Å². The summed E-state index contributed by atoms with van der Waals surface area (Å²) in [6.45, 7) is 6.29. The Morgan fingerprint density at radius 1 is 0.826 bits per heavy atom. The van der Waals surface area contributed by atoms with Crippen molar-refractivity contribution in [1.82, 2.24) is 9.80 Å². The Balaban J connectivity index is 1.58. The minimum atomic E-state index is 0.458. The maximum atomic E-state index is 5.87. The first-order valence-electron chi connectivity index (χ1n) is 8.62. The normalized spacial score (nSPS) is 18.0. The smallest absolute Gasteiger partial charge is 0.0361 e. The standard InChI is InChI=1S/C20H27N3/c21-12-11-20(19-9-5-2-6-10-19)23-15-13-22(14-16-23)17-18-7-3-1-4-8-18/h1-10,20H,11-17,21H2. The van der Waals surface area contributed by atoms with Gasteiger partial charge >= 0.3 is 0 Å². The van der Waals surface area contributed by atoms with Crippen LogP contribution in [0.25, 0.3) is 0 Å². The molecule has 2 aromatic rings. The van der Waals surface area contributed by atoms with Crippen molar-refractivity contribution in [2.24, 2.45) is 5.73 Å². The molecule has 0 saturated carbocycles. The van der Waals surface area contributed by atoms with Gasteiger partial charge in [-0.2, -0.15) is 0 Å². The quantitative estimate of drug-likeness (QED) is 0.890. The van der Waals surface area contributed by atoms with Crippen LogP contribution in [0.4, 0.5) is 0 Å². The average Bonchev–Trinajstić information content (AvgIpc) is 2.62. The van der Waals surface area contributed by atoms with E-state index < -0.39 is 0 Å². The lowest BCUT2D eigenvalue weighted by Crippen LogP contribution is -2.47. The second-order valence-electron chi connectivity index (χ2n) is 6.30. The van der Waals surface area contributed by atoms with E-state index in [2.05, 4.69) is 70.5 Å². The van der Waals surface area contributed by atoms with E-state index in [1.807, 2.05) is 0 Å². The summed E-state index contributed by atoms with van der Waals surface area (Å²) in [5.41, 5.74) is 8.67. The molecule has 23 heavy (non-hydrogen) atoms. The monoisotopic (exact) mass is 309 g/mol. The number of piperazine rings is 1. The van der Waals surface area contributed by atoms with Gasteiger partial charge in [0.25, 0.3) is 0 Å². The van der Waals surface area contributed by atoms with Crippen LogP contribution in [0.15, 0.2) is 60.7 Å². The third-order valence-electron chi connectivity index (χ3n) is 4.72. The van der Waals surface area contributed by atoms with Crippen molar-refractivity contribution in [1.29, 1.82) is 0 Å². The fraction of sp³-hybridized carbons (Fsp3) is 0.400. The second kappa shape index (κ2) is 8.25. The van der Waals surface area contributed by atoms with Crippen LogP contribution >= 0.6 is 0 Å². The Kier molecular flexibility index (Phi) is 5.81. The third-order valence-corrected chi connectivity index (χ3v) is 4.72. The highest BCUT2D eigenvalue weighted by Gasteiger charge is 2.24. The van der Waals surface area contributed by atoms with Crippen LogP contribution < -0.4 is 5.73 Å². The molecule has 3 nitrogen and oxygen atoms in total. The first-order valence-corrected chi connectivity index (χ1v) is 8.62. The fourth-order valence-electron chi connectivity index (χ4n) is 3.47. The van der Waals surface area contributed by atoms with Crippen molar-refractivity contribution < 1.29 is 0 Å². The molecule has 1 aliphatic heterocycles. The zero-order chi connectivity index (χ0) is 15.9. The van der Waals surface area contributed by atoms with E-state index in [0.29, 0.717) is 6.04 Å². The number of benzene rings is 2. The summed E-state index contributed by atoms with van der Waals surface area (Å²) in [4.78, 5) is 5.15. The topological polar surface area (TPSA) is 32.5 Å². The maximum Gasteiger partial charge on any atom is 0.0361 e. The molecule has 3 heteroatoms. The molecule has 1 atom stereocenters. The lowest BCUT2D eigenvalue weighted by molar-refractivity contribution is 0.0886. The van der Waals surface area contributed by atoms with Crippen LogP contribution in [-0.4, -0.2) is 42.5 Å². The lowest BCUT2D eigenvalue weighted by Gasteiger charge is -2.39. The molecule has 0 spiro atoms. The van der Waals surface area contributed by atoms with Gasteiger partial charge in [0.05, 0.1) is 0 Å². The SMILES string of the molecule is NCCC(c1ccccc1)N1CCN(Cc2ccccc2)CC1. The molecule has 1 saturated heterocycles. The molecule has 0 bridgehead atoms. The highest BCUT2D eigenvalue weighted by atomic mass is 15.3. The van der Waals surface area contributed by atoms with E-state index in [1.165, 1.54) is 11.1 Å². The van der Waals surface area contributed by atoms with Gasteiger partial charge in [0.1, 0.15) is 0 Å². The first-order chi connectivity index (χ1) is 11.4. The Morgan fingerprint density at radius 3 is 2.04 bits per heavy atom. The summed E-state index contributed by atoms with van der Waals surface area (Å²) in [7, 11) is 0. The number of hydrogen-bond donors (Lipinski definition) is 1. The van der Waals surface area contributed by atoms with E-state index >= 15 is 0 Å². The average molecular weight is 309 g/mol. The molecule has 122 valence electrons. The van der Waals surface area contributed by atoms with Gasteiger partial charge in [0.2, 0.25) is 0 Å². The Labute approximate surface area is 139 Å². The van der Waals surface area contributed by atoms with Crippen molar-refractivity contribution in [3.05, 3.63) is 71.8 Å². The summed E-state index contributed by atoms with van der Waals surface area (Å²) in [6.07, 6.45) is 1.03. The molecule has 3 rings (SSSR count). The largest absolute Gasteiger partial charge is 0.330 e. The van der Waals surface area contributed by atoms with Crippen molar-refractivity contribution in [2.75, 3.05) is 32.7 Å². The van der Waals surface area contributed by atoms with Crippen molar-refractivity contribution in [3.63, 3.8) is 0 Å². The summed E-state index contributed by atoms with van der Waals surface area (Å²) in [5.74, 6) is 0. The highest BCUT2D eigenvalue weighted by Crippen LogP contribution is 2.25. The minimum Gasteiger partial charge on any atom is -0.330 e. The molecule has 0 radical (unpaired) electrons. The minimum absolute atomic E-state index is 0.458. The zero-order valence-electron chi connectivity index (χ0n) is 13.8. The number of nitrogens with two attached hydrogens (primary N) is 1. The van der Waals surface area contributed by atoms with Gasteiger partial charge in [-0.3, -0.25) is 9.80 Å². The van der Waals surface area contributed by atoms with Gasteiger partial charge in [-0.05, 0) is 24.1 Å². The van der Waals surface area contributed by atoms with Crippen LogP contribution in [0.1, 0.15) is 23.6 Å². The highest BCUT2D eigenvalue weighted by molar-refractivity contribution is 5.19. The molecule has 0 aromatic heterocycles. The van der Waals surface area contributed by atoms with Crippen LogP contribution in [0, 0.1) is 0 Å². The molecule has 0 aliphatic carbocycles. The third kappa shape index (κ3) is 4.41. The van der Waals surface area contributed by atoms with Gasteiger partial charge in [0.15, 0.2) is 0 Å². The number of nitrogens with zero attached hydrogens (tertiary/aromatic N) is 2. The van der Waals surface area contributed by atoms with Crippen molar-refractivity contribution in [2.45, 2.75) is 19.0 Å². The molecule has 2 aromatic carbocycles. The van der Waals surface area contributed by atoms with E-state index in [0.717, 1.165) is 45.7 Å². The summed E-state index contributed by atoms with van der Waals surface area (Å²) >= 11 is 0. The Bertz CT molecular complexity index is 562. The molecule has 1 unspecified atom stereocenters. The number of hydrogen-bond acceptors (Lipinski definition) is 3. The zero-order valence-corrected chi connectivity index (χ0v) is 13.8.